The number of alkyl carbamates (subject to hydrolysis) is 1. The first-order valence-electron chi connectivity index (χ1n) is 11.7. The summed E-state index contributed by atoms with van der Waals surface area (Å²) in [6, 6.07) is 1.02. The number of nitrogens with zero attached hydrogens (tertiary/aromatic N) is 1. The lowest BCUT2D eigenvalue weighted by molar-refractivity contribution is 0.177. The number of benzene rings is 1. The van der Waals surface area contributed by atoms with Crippen LogP contribution in [0.1, 0.15) is 26.2 Å². The Labute approximate surface area is 139 Å². The molecule has 3 rings (SSSR count). The molecule has 112 valence electrons. The maximum absolute atomic E-state index is 11.5. The number of aromatic nitrogens is 1. The maximum Gasteiger partial charge on any atom is 0.407 e. The average Bonchev–Trinajstić information content (AvgIpc) is 3.05. The van der Waals surface area contributed by atoms with E-state index in [9.17, 15) is 4.79 Å². The lowest BCUT2D eigenvalue weighted by atomic mass is 10.0. The fraction of sp³-hybridized carbons (Fsp3) is 0.438. The van der Waals surface area contributed by atoms with E-state index in [1.807, 2.05) is 5.32 Å². The Balaban J connectivity index is 2.09. The van der Waals surface area contributed by atoms with Crippen molar-refractivity contribution in [3.63, 3.8) is 0 Å². The van der Waals surface area contributed by atoms with Gasteiger partial charge in [-0.2, -0.15) is 0 Å². The number of nitrogens with one attached hydrogen (secondary N) is 2. The van der Waals surface area contributed by atoms with Gasteiger partial charge in [0.1, 0.15) is 6.56 Å². The number of likely N-dealkylation sites (N-methyl/N-ethyl adjacent to an activating group) is 1. The summed E-state index contributed by atoms with van der Waals surface area (Å²) in [5.74, 6) is 0. The van der Waals surface area contributed by atoms with Crippen LogP contribution in [-0.4, -0.2) is 49.1 Å². The first-order chi connectivity index (χ1) is 14.3. The molecule has 21 heavy (non-hydrogen) atoms. The normalized spacial score (nSPS) is 33.8. The van der Waals surface area contributed by atoms with Crippen molar-refractivity contribution in [1.29, 1.82) is 0 Å². The Morgan fingerprint density at radius 1 is 1.71 bits per heavy atom. The highest BCUT2D eigenvalue weighted by molar-refractivity contribution is 5.84. The van der Waals surface area contributed by atoms with Crippen molar-refractivity contribution < 1.29 is 24.6 Å². The Hall–Kier alpha value is -2.01. The van der Waals surface area contributed by atoms with Crippen LogP contribution in [0.4, 0.5) is 4.79 Å². The number of aryl methyl sites for hydroxylation is 1. The molecule has 2 N–H and O–H groups in total. The van der Waals surface area contributed by atoms with Gasteiger partial charge in [0.05, 0.1) is 11.5 Å². The topological polar surface area (TPSA) is 57.4 Å². The van der Waals surface area contributed by atoms with Crippen LogP contribution < -0.4 is 5.32 Å². The second-order valence-corrected chi connectivity index (χ2v) is 4.50. The number of rotatable bonds is 5. The molecule has 1 amide bonds. The Morgan fingerprint density at radius 3 is 3.38 bits per heavy atom. The number of aromatic amines is 1. The van der Waals surface area contributed by atoms with E-state index in [0.717, 1.165) is 7.05 Å². The van der Waals surface area contributed by atoms with Crippen LogP contribution in [0.15, 0.2) is 24.4 Å². The molecule has 2 heterocycles. The van der Waals surface area contributed by atoms with E-state index in [2.05, 4.69) is 9.72 Å². The van der Waals surface area contributed by atoms with Crippen LogP contribution in [0.2, 0.25) is 0 Å². The Bertz CT molecular complexity index is 1070. The molecular weight excluding hydrogens is 266 g/mol. The monoisotopic (exact) mass is 298 g/mol. The molecule has 0 unspecified atom stereocenters. The Kier molecular flexibility index (Phi) is 1.65. The number of amides is 1. The average molecular weight is 298 g/mol. The zero-order valence-corrected chi connectivity index (χ0v) is 11.2. The highest BCUT2D eigenvalue weighted by atomic mass is 16.6. The molecule has 1 aliphatic rings. The van der Waals surface area contributed by atoms with Crippen molar-refractivity contribution in [2.24, 2.45) is 0 Å². The van der Waals surface area contributed by atoms with Gasteiger partial charge in [0.2, 0.25) is 0 Å². The minimum atomic E-state index is -3.00. The van der Waals surface area contributed by atoms with E-state index in [0.29, 0.717) is 10.4 Å². The summed E-state index contributed by atoms with van der Waals surface area (Å²) < 4.78 is 92.0. The minimum Gasteiger partial charge on any atom is -0.447 e. The van der Waals surface area contributed by atoms with Gasteiger partial charge in [-0.1, -0.05) is 6.07 Å². The van der Waals surface area contributed by atoms with Gasteiger partial charge in [-0.25, -0.2) is 4.79 Å². The molecule has 1 aromatic carbocycles. The summed E-state index contributed by atoms with van der Waals surface area (Å²) in [7, 11) is 1.09. The third-order valence-electron chi connectivity index (χ3n) is 2.93. The number of fused-ring (bicyclic) bond motifs is 1. The zero-order valence-electron chi connectivity index (χ0n) is 22.2. The lowest BCUT2D eigenvalue weighted by Crippen LogP contribution is -2.28. The summed E-state index contributed by atoms with van der Waals surface area (Å²) in [6.45, 7) is -8.11. The van der Waals surface area contributed by atoms with Crippen LogP contribution in [0, 0.1) is 0 Å². The molecule has 2 aromatic rings. The number of hydrogen-bond acceptors (Lipinski definition) is 3. The summed E-state index contributed by atoms with van der Waals surface area (Å²) in [6.07, 6.45) is -4.80. The predicted octanol–water partition coefficient (Wildman–Crippen LogP) is 1.92. The SMILES string of the molecule is [2H]c1[nH]c2ccc(C([2H])([2H])[C@]3([2H])NC(=O)OC3([2H])[2H])cc2c1CC([2H])([2H])N(C)C([2H])([2H])[2H]. The van der Waals surface area contributed by atoms with E-state index in [1.165, 1.54) is 18.2 Å². The van der Waals surface area contributed by atoms with Crippen molar-refractivity contribution in [2.75, 3.05) is 27.1 Å². The van der Waals surface area contributed by atoms with E-state index < -0.39 is 44.9 Å². The summed E-state index contributed by atoms with van der Waals surface area (Å²) in [5, 5.41) is 2.08. The molecule has 1 aliphatic heterocycles. The molecule has 1 atom stereocenters. The molecule has 0 spiro atoms. The standard InChI is InChI=1S/C16H21N3O2/c1-19(2)6-5-12-9-17-15-4-3-11(8-14(12)15)7-13-10-21-16(20)18-13/h3-4,8-9,13,17H,5-7,10H2,1-2H3,(H,18,20)/t13-/m0/s1/i1D3,6D2,7D2,9D,10D2,13D. The zero-order chi connectivity index (χ0) is 24.5. The number of hydrogen-bond donors (Lipinski definition) is 2. The Morgan fingerprint density at radius 2 is 2.62 bits per heavy atom. The van der Waals surface area contributed by atoms with Crippen molar-refractivity contribution in [2.45, 2.75) is 18.8 Å². The van der Waals surface area contributed by atoms with Crippen LogP contribution in [0.3, 0.4) is 0 Å². The van der Waals surface area contributed by atoms with Gasteiger partial charge in [0, 0.05) is 33.2 Å². The fourth-order valence-corrected chi connectivity index (χ4v) is 1.98. The second-order valence-electron chi connectivity index (χ2n) is 4.50. The molecule has 1 fully saturated rings. The summed E-state index contributed by atoms with van der Waals surface area (Å²) >= 11 is 0. The molecule has 5 heteroatoms. The number of cyclic esters (lactones) is 1. The quantitative estimate of drug-likeness (QED) is 0.887. The molecular formula is C16H21N3O2. The first kappa shape index (κ1) is 6.01. The van der Waals surface area contributed by atoms with Gasteiger partial charge in [0.25, 0.3) is 0 Å². The molecule has 0 aliphatic carbocycles. The summed E-state index contributed by atoms with van der Waals surface area (Å²) in [4.78, 5) is 14.8. The van der Waals surface area contributed by atoms with Crippen molar-refractivity contribution in [3.05, 3.63) is 35.5 Å². The van der Waals surface area contributed by atoms with Crippen molar-refractivity contribution >= 4 is 17.0 Å². The third-order valence-corrected chi connectivity index (χ3v) is 2.93. The highest BCUT2D eigenvalue weighted by Gasteiger charge is 2.22. The fourth-order valence-electron chi connectivity index (χ4n) is 1.98. The number of carbonyl (C=O) groups excluding carboxylic acids is 1. The van der Waals surface area contributed by atoms with Gasteiger partial charge in [-0.3, -0.25) is 0 Å². The van der Waals surface area contributed by atoms with Crippen LogP contribution in [0.5, 0.6) is 0 Å². The van der Waals surface area contributed by atoms with E-state index in [1.54, 1.807) is 0 Å². The number of carbonyl (C=O) groups is 1. The number of H-pyrrole nitrogens is 1. The first-order valence-corrected chi connectivity index (χ1v) is 6.20. The smallest absolute Gasteiger partial charge is 0.407 e. The highest BCUT2D eigenvalue weighted by Crippen LogP contribution is 2.21. The van der Waals surface area contributed by atoms with Crippen LogP contribution in [-0.2, 0) is 17.5 Å². The van der Waals surface area contributed by atoms with Gasteiger partial charge in [-0.15, -0.1) is 0 Å². The molecule has 0 saturated carbocycles. The van der Waals surface area contributed by atoms with Gasteiger partial charge in [-0.05, 0) is 50.1 Å². The van der Waals surface area contributed by atoms with E-state index >= 15 is 0 Å². The van der Waals surface area contributed by atoms with Gasteiger partial charge < -0.3 is 19.9 Å². The maximum atomic E-state index is 11.5. The molecule has 1 saturated heterocycles. The van der Waals surface area contributed by atoms with Gasteiger partial charge in [0.15, 0.2) is 0 Å². The van der Waals surface area contributed by atoms with Crippen molar-refractivity contribution in [3.8, 4) is 0 Å². The largest absolute Gasteiger partial charge is 0.447 e. The predicted molar refractivity (Wildman–Crippen MR) is 82.5 cm³/mol. The molecule has 5 nitrogen and oxygen atoms in total. The third kappa shape index (κ3) is 3.19. The molecule has 0 bridgehead atoms. The minimum absolute atomic E-state index is 0.0764. The van der Waals surface area contributed by atoms with Crippen molar-refractivity contribution in [1.82, 2.24) is 15.2 Å². The van der Waals surface area contributed by atoms with E-state index in [-0.39, 0.29) is 22.7 Å². The molecule has 1 aromatic heterocycles. The van der Waals surface area contributed by atoms with E-state index in [4.69, 9.17) is 15.1 Å². The second kappa shape index (κ2) is 5.77. The molecule has 0 radical (unpaired) electrons. The lowest BCUT2D eigenvalue weighted by Gasteiger charge is -2.09. The number of ether oxygens (including phenoxy) is 1. The van der Waals surface area contributed by atoms with Crippen LogP contribution >= 0.6 is 0 Å². The van der Waals surface area contributed by atoms with Crippen LogP contribution in [0.25, 0.3) is 10.9 Å². The van der Waals surface area contributed by atoms with Gasteiger partial charge >= 0.3 is 6.09 Å². The summed E-state index contributed by atoms with van der Waals surface area (Å²) in [5.41, 5.74) is 0.192.